The Hall–Kier alpha value is -8.40. The van der Waals surface area contributed by atoms with Crippen LogP contribution in [0.2, 0.25) is 0 Å². The molecule has 21 heteroatoms. The number of ether oxygens (including phenoxy) is 2. The maximum atomic E-state index is 13.8. The molecule has 0 bridgehead atoms. The van der Waals surface area contributed by atoms with Crippen LogP contribution in [0.15, 0.2) is 109 Å². The number of hydrogen-bond acceptors (Lipinski definition) is 12. The van der Waals surface area contributed by atoms with Crippen molar-refractivity contribution in [3.05, 3.63) is 188 Å². The van der Waals surface area contributed by atoms with E-state index < -0.39 is 46.8 Å². The second kappa shape index (κ2) is 24.5. The van der Waals surface area contributed by atoms with E-state index in [1.165, 1.54) is 59.0 Å². The lowest BCUT2D eigenvalue weighted by atomic mass is 9.94. The first-order valence-corrected chi connectivity index (χ1v) is 25.8. The number of esters is 1. The third-order valence-corrected chi connectivity index (χ3v) is 13.8. The summed E-state index contributed by atoms with van der Waals surface area (Å²) in [7, 11) is 4.26. The largest absolute Gasteiger partial charge is 0.507 e. The third kappa shape index (κ3) is 13.6. The number of halogens is 6. The van der Waals surface area contributed by atoms with Crippen LogP contribution >= 0.6 is 0 Å². The zero-order valence-corrected chi connectivity index (χ0v) is 45.6. The molecule has 0 aliphatic carbocycles. The number of pyridine rings is 2. The normalized spacial score (nSPS) is 13.5. The van der Waals surface area contributed by atoms with Gasteiger partial charge in [-0.2, -0.15) is 36.5 Å². The lowest BCUT2D eigenvalue weighted by Crippen LogP contribution is -2.26. The number of aryl methyl sites for hydroxylation is 4. The van der Waals surface area contributed by atoms with Gasteiger partial charge in [0.1, 0.15) is 29.2 Å². The number of fused-ring (bicyclic) bond motifs is 2. The highest BCUT2D eigenvalue weighted by Gasteiger charge is 2.42. The number of carboxylic acids is 1. The summed E-state index contributed by atoms with van der Waals surface area (Å²) in [6.45, 7) is 13.8. The number of carbonyl (C=O) groups is 2. The number of aromatic carboxylic acids is 1. The van der Waals surface area contributed by atoms with Crippen molar-refractivity contribution in [3.63, 3.8) is 0 Å². The first-order chi connectivity index (χ1) is 38.4. The molecule has 424 valence electrons. The predicted octanol–water partition coefficient (Wildman–Crippen LogP) is 11.5. The summed E-state index contributed by atoms with van der Waals surface area (Å²) < 4.78 is 94.2. The molecule has 6 heterocycles. The number of aliphatic hydroxyl groups excluding tert-OH is 1. The molecule has 3 N–H and O–H groups in total. The molecule has 0 fully saturated rings. The summed E-state index contributed by atoms with van der Waals surface area (Å²) >= 11 is 0. The van der Waals surface area contributed by atoms with Gasteiger partial charge in [-0.05, 0) is 155 Å². The second-order valence-corrected chi connectivity index (χ2v) is 20.0. The molecular weight excluding hydrogens is 1060 g/mol. The number of nitrogens with zero attached hydrogens (tertiary/aromatic N) is 8. The van der Waals surface area contributed by atoms with Crippen LogP contribution in [0.1, 0.15) is 94.7 Å². The first-order valence-electron chi connectivity index (χ1n) is 25.8. The number of alkyl halides is 6. The molecule has 0 saturated carbocycles. The van der Waals surface area contributed by atoms with E-state index in [-0.39, 0.29) is 36.3 Å². The lowest BCUT2D eigenvalue weighted by Gasteiger charge is -2.26. The molecule has 0 radical (unpaired) electrons. The smallest absolute Gasteiger partial charge is 0.434 e. The van der Waals surface area contributed by atoms with Gasteiger partial charge in [0.15, 0.2) is 23.0 Å². The Bertz CT molecular complexity index is 3610. The molecule has 2 aliphatic rings. The van der Waals surface area contributed by atoms with E-state index in [4.69, 9.17) is 9.84 Å². The summed E-state index contributed by atoms with van der Waals surface area (Å²) in [5, 5.41) is 35.9. The summed E-state index contributed by atoms with van der Waals surface area (Å²) in [5.74, 6) is -2.67. The second-order valence-electron chi connectivity index (χ2n) is 20.0. The minimum absolute atomic E-state index is 0.0565. The number of carboxylic acid groups (broad SMARTS) is 1. The number of aliphatic hydroxyl groups is 1. The van der Waals surface area contributed by atoms with Gasteiger partial charge in [0.2, 0.25) is 0 Å². The van der Waals surface area contributed by atoms with Gasteiger partial charge in [0, 0.05) is 37.3 Å². The fourth-order valence-corrected chi connectivity index (χ4v) is 9.64. The Labute approximate surface area is 463 Å². The molecule has 10 rings (SSSR count). The van der Waals surface area contributed by atoms with Crippen LogP contribution in [0.5, 0.6) is 11.5 Å². The number of hydrogen-bond donors (Lipinski definition) is 3. The van der Waals surface area contributed by atoms with E-state index in [1.54, 1.807) is 30.3 Å². The van der Waals surface area contributed by atoms with E-state index in [2.05, 4.69) is 86.9 Å². The van der Waals surface area contributed by atoms with E-state index in [1.807, 2.05) is 32.0 Å². The minimum atomic E-state index is -4.94. The fourth-order valence-electron chi connectivity index (χ4n) is 9.64. The van der Waals surface area contributed by atoms with Gasteiger partial charge >= 0.3 is 24.3 Å². The van der Waals surface area contributed by atoms with Crippen LogP contribution < -0.4 is 4.74 Å². The van der Waals surface area contributed by atoms with Crippen molar-refractivity contribution in [2.45, 2.75) is 86.1 Å². The quantitative estimate of drug-likeness (QED) is 0.0823. The van der Waals surface area contributed by atoms with Gasteiger partial charge < -0.3 is 34.6 Å². The number of phenolic OH excluding ortho intramolecular Hbond substituents is 1. The number of benzene rings is 4. The van der Waals surface area contributed by atoms with Crippen LogP contribution in [-0.4, -0.2) is 100 Å². The molecule has 2 aliphatic heterocycles. The maximum Gasteiger partial charge on any atom is 0.434 e. The lowest BCUT2D eigenvalue weighted by molar-refractivity contribution is -0.144. The van der Waals surface area contributed by atoms with Crippen molar-refractivity contribution >= 4 is 11.9 Å². The van der Waals surface area contributed by atoms with Crippen LogP contribution in [0.3, 0.4) is 0 Å². The molecule has 4 aromatic heterocycles. The molecule has 0 amide bonds. The Kier molecular flexibility index (Phi) is 17.8. The Morgan fingerprint density at radius 2 is 1.12 bits per heavy atom. The highest BCUT2D eigenvalue weighted by Crippen LogP contribution is 2.38. The van der Waals surface area contributed by atoms with Crippen molar-refractivity contribution in [3.8, 4) is 45.6 Å². The number of rotatable bonds is 11. The highest BCUT2D eigenvalue weighted by atomic mass is 19.4. The summed E-state index contributed by atoms with van der Waals surface area (Å²) in [4.78, 5) is 36.5. The van der Waals surface area contributed by atoms with Gasteiger partial charge in [-0.15, -0.1) is 0 Å². The Morgan fingerprint density at radius 3 is 1.65 bits per heavy atom. The van der Waals surface area contributed by atoms with Gasteiger partial charge in [0.05, 0.1) is 37.0 Å². The number of aromatic nitrogens is 6. The number of aromatic hydroxyl groups is 1. The average molecular weight is 1120 g/mol. The Balaban J connectivity index is 0.000000177. The van der Waals surface area contributed by atoms with Crippen molar-refractivity contribution in [2.75, 3.05) is 33.8 Å². The van der Waals surface area contributed by atoms with Crippen molar-refractivity contribution < 1.29 is 60.7 Å². The molecule has 0 atom stereocenters. The monoisotopic (exact) mass is 1120 g/mol. The van der Waals surface area contributed by atoms with Gasteiger partial charge in [-0.3, -0.25) is 0 Å². The topological polar surface area (TPSA) is 181 Å². The first kappa shape index (κ1) is 58.7. The minimum Gasteiger partial charge on any atom is -0.507 e. The van der Waals surface area contributed by atoms with Crippen LogP contribution in [0.4, 0.5) is 26.3 Å². The molecule has 81 heavy (non-hydrogen) atoms. The predicted molar refractivity (Wildman–Crippen MR) is 290 cm³/mol. The van der Waals surface area contributed by atoms with Gasteiger partial charge in [-0.25, -0.2) is 28.9 Å². The highest BCUT2D eigenvalue weighted by molar-refractivity contribution is 5.91. The third-order valence-electron chi connectivity index (χ3n) is 13.8. The zero-order valence-electron chi connectivity index (χ0n) is 45.6. The molecule has 15 nitrogen and oxygen atoms in total. The molecular formula is C60H60F6N8O7. The number of likely N-dealkylation sites (N-methyl/N-ethyl adjacent to an activating group) is 2. The molecule has 0 saturated heterocycles. The fraction of sp³-hybridized carbons (Fsp3) is 0.300. The van der Waals surface area contributed by atoms with Crippen LogP contribution in [-0.2, 0) is 56.2 Å². The van der Waals surface area contributed by atoms with Gasteiger partial charge in [-0.1, -0.05) is 59.7 Å². The van der Waals surface area contributed by atoms with Crippen LogP contribution in [0.25, 0.3) is 34.2 Å². The van der Waals surface area contributed by atoms with E-state index >= 15 is 0 Å². The van der Waals surface area contributed by atoms with E-state index in [0.29, 0.717) is 44.7 Å². The summed E-state index contributed by atoms with van der Waals surface area (Å²) in [6.07, 6.45) is -6.23. The van der Waals surface area contributed by atoms with E-state index in [0.717, 1.165) is 73.0 Å². The summed E-state index contributed by atoms with van der Waals surface area (Å²) in [6, 6.07) is 28.1. The summed E-state index contributed by atoms with van der Waals surface area (Å²) in [5.41, 5.74) is 9.03. The SMILES string of the molecule is CCOC(=O)c1cnn(-c2cccc(-c3cc(C)ccc3O)n2)c1C(F)(F)F.Cc1cc2c(cc1CO)CCN(C)C2.Cc1ccc(OCc2cc3c(cc2C)CN(C)CC3)c(-c2cccc(-n3ncc(C(=O)O)c3C(F)(F)F)n2)c1. The van der Waals surface area contributed by atoms with Crippen LogP contribution in [0, 0.1) is 27.7 Å². The number of phenols is 1. The molecule has 8 aromatic rings. The molecule has 4 aromatic carbocycles. The van der Waals surface area contributed by atoms with Crippen molar-refractivity contribution in [1.29, 1.82) is 0 Å². The average Bonchev–Trinajstić information content (AvgIpc) is 4.24. The number of carbonyl (C=O) groups excluding carboxylic acids is 1. The zero-order chi connectivity index (χ0) is 58.5. The standard InChI is InChI=1S/C29H27F3N4O3.C19H16F3N3O3.C12H17NO/c1-17-7-8-25(39-16-21-13-19-9-10-35(3)15-20(19)12-18(21)2)22(11-17)24-5-4-6-26(34-24)36-27(29(30,31)32)23(14-33-36)28(37)38;1-3-28-18(27)13-10-23-25(17(13)19(20,21)22)16-6-4-5-14(24-16)12-9-11(2)7-8-15(12)26;1-9-5-11-7-13(2)4-3-10(11)6-12(9)8-14/h4-8,11-14H,9-10,15-16H2,1-3H3,(H,37,38);4-10,26H,3H2,1-2H3;5-6,14H,3-4,7-8H2,1-2H3. The van der Waals surface area contributed by atoms with Crippen molar-refractivity contribution in [2.24, 2.45) is 0 Å². The van der Waals surface area contributed by atoms with E-state index in [9.17, 15) is 46.1 Å². The Morgan fingerprint density at radius 1 is 0.630 bits per heavy atom. The maximum absolute atomic E-state index is 13.8. The molecule has 0 spiro atoms. The van der Waals surface area contributed by atoms with Gasteiger partial charge in [0.25, 0.3) is 0 Å². The molecule has 0 unspecified atom stereocenters. The van der Waals surface area contributed by atoms with Crippen molar-refractivity contribution in [1.82, 2.24) is 39.3 Å².